The fourth-order valence-electron chi connectivity index (χ4n) is 2.52. The lowest BCUT2D eigenvalue weighted by atomic mass is 10.1. The molecule has 2 nitrogen and oxygen atoms in total. The molecule has 0 amide bonds. The van der Waals surface area contributed by atoms with Crippen LogP contribution in [-0.4, -0.2) is 25.2 Å². The van der Waals surface area contributed by atoms with Crippen LogP contribution >= 0.6 is 0 Å². The van der Waals surface area contributed by atoms with Crippen molar-refractivity contribution in [1.29, 1.82) is 0 Å². The number of halogens is 4. The van der Waals surface area contributed by atoms with E-state index in [4.69, 9.17) is 0 Å². The summed E-state index contributed by atoms with van der Waals surface area (Å²) < 4.78 is 51.8. The summed E-state index contributed by atoms with van der Waals surface area (Å²) in [5.74, 6) is -0.608. The van der Waals surface area contributed by atoms with Gasteiger partial charge in [-0.3, -0.25) is 0 Å². The molecule has 1 aromatic carbocycles. The topological polar surface area (TPSA) is 15.3 Å². The number of hydrogen-bond donors (Lipinski definition) is 1. The zero-order valence-corrected chi connectivity index (χ0v) is 11.5. The summed E-state index contributed by atoms with van der Waals surface area (Å²) in [7, 11) is 0. The van der Waals surface area contributed by atoms with Gasteiger partial charge in [-0.15, -0.1) is 0 Å². The lowest BCUT2D eigenvalue weighted by molar-refractivity contribution is -0.137. The maximum Gasteiger partial charge on any atom is 0.416 e. The first-order valence-corrected chi connectivity index (χ1v) is 6.65. The summed E-state index contributed by atoms with van der Waals surface area (Å²) in [6.07, 6.45) is -3.65. The minimum atomic E-state index is -4.45. The molecule has 1 N–H and O–H groups in total. The molecule has 0 radical (unpaired) electrons. The van der Waals surface area contributed by atoms with Crippen molar-refractivity contribution in [3.63, 3.8) is 0 Å². The van der Waals surface area contributed by atoms with Crippen LogP contribution in [0.4, 0.5) is 23.2 Å². The normalized spacial score (nSPS) is 19.9. The van der Waals surface area contributed by atoms with Crippen LogP contribution in [0, 0.1) is 5.82 Å². The SMILES string of the molecule is CC(C)NC1CCN(c2cc(C(F)(F)F)ccc2F)C1. The van der Waals surface area contributed by atoms with Gasteiger partial charge in [-0.25, -0.2) is 4.39 Å². The summed E-state index contributed by atoms with van der Waals surface area (Å²) in [6.45, 7) is 5.10. The number of alkyl halides is 3. The molecule has 1 aromatic rings. The molecule has 6 heteroatoms. The van der Waals surface area contributed by atoms with E-state index >= 15 is 0 Å². The largest absolute Gasteiger partial charge is 0.416 e. The van der Waals surface area contributed by atoms with Crippen LogP contribution in [0.1, 0.15) is 25.8 Å². The van der Waals surface area contributed by atoms with Gasteiger partial charge in [-0.05, 0) is 24.6 Å². The van der Waals surface area contributed by atoms with Gasteiger partial charge in [0, 0.05) is 25.2 Å². The van der Waals surface area contributed by atoms with E-state index in [1.54, 1.807) is 4.90 Å². The first kappa shape index (κ1) is 15.1. The molecule has 0 aliphatic carbocycles. The van der Waals surface area contributed by atoms with Gasteiger partial charge in [0.2, 0.25) is 0 Å². The highest BCUT2D eigenvalue weighted by Gasteiger charge is 2.33. The van der Waals surface area contributed by atoms with Crippen LogP contribution in [0.15, 0.2) is 18.2 Å². The number of rotatable bonds is 3. The highest BCUT2D eigenvalue weighted by molar-refractivity contribution is 5.51. The molecule has 0 saturated carbocycles. The Kier molecular flexibility index (Phi) is 4.22. The van der Waals surface area contributed by atoms with Crippen LogP contribution < -0.4 is 10.2 Å². The molecule has 1 aliphatic rings. The zero-order valence-electron chi connectivity index (χ0n) is 11.5. The van der Waals surface area contributed by atoms with Crippen LogP contribution in [0.5, 0.6) is 0 Å². The van der Waals surface area contributed by atoms with Crippen LogP contribution in [0.2, 0.25) is 0 Å². The van der Waals surface area contributed by atoms with E-state index < -0.39 is 17.6 Å². The number of benzene rings is 1. The van der Waals surface area contributed by atoms with Crippen LogP contribution in [0.25, 0.3) is 0 Å². The smallest absolute Gasteiger partial charge is 0.368 e. The molecule has 2 rings (SSSR count). The highest BCUT2D eigenvalue weighted by atomic mass is 19.4. The van der Waals surface area contributed by atoms with Gasteiger partial charge in [0.15, 0.2) is 0 Å². The second-order valence-corrected chi connectivity index (χ2v) is 5.42. The zero-order chi connectivity index (χ0) is 14.9. The Labute approximate surface area is 115 Å². The molecule has 1 atom stereocenters. The molecule has 1 saturated heterocycles. The minimum Gasteiger partial charge on any atom is -0.368 e. The van der Waals surface area contributed by atoms with E-state index in [9.17, 15) is 17.6 Å². The fraction of sp³-hybridized carbons (Fsp3) is 0.571. The van der Waals surface area contributed by atoms with Gasteiger partial charge in [0.1, 0.15) is 5.82 Å². The van der Waals surface area contributed by atoms with Gasteiger partial charge in [0.25, 0.3) is 0 Å². The molecular formula is C14H18F4N2. The van der Waals surface area contributed by atoms with Crippen molar-refractivity contribution in [3.05, 3.63) is 29.6 Å². The van der Waals surface area contributed by atoms with Crippen molar-refractivity contribution in [1.82, 2.24) is 5.32 Å². The third-order valence-corrected chi connectivity index (χ3v) is 3.37. The Bertz CT molecular complexity index is 471. The Balaban J connectivity index is 2.17. The molecule has 0 bridgehead atoms. The molecular weight excluding hydrogens is 272 g/mol. The van der Waals surface area contributed by atoms with E-state index in [2.05, 4.69) is 5.32 Å². The molecule has 0 spiro atoms. The monoisotopic (exact) mass is 290 g/mol. The molecule has 0 aromatic heterocycles. The first-order chi connectivity index (χ1) is 9.27. The van der Waals surface area contributed by atoms with E-state index in [-0.39, 0.29) is 11.7 Å². The van der Waals surface area contributed by atoms with Gasteiger partial charge >= 0.3 is 6.18 Å². The first-order valence-electron chi connectivity index (χ1n) is 6.65. The van der Waals surface area contributed by atoms with Gasteiger partial charge in [0.05, 0.1) is 11.3 Å². The highest BCUT2D eigenvalue weighted by Crippen LogP contribution is 2.34. The summed E-state index contributed by atoms with van der Waals surface area (Å²) in [6, 6.07) is 3.04. The third-order valence-electron chi connectivity index (χ3n) is 3.37. The number of nitrogens with zero attached hydrogens (tertiary/aromatic N) is 1. The van der Waals surface area contributed by atoms with E-state index in [0.717, 1.165) is 24.6 Å². The average molecular weight is 290 g/mol. The Morgan fingerprint density at radius 1 is 1.30 bits per heavy atom. The molecule has 1 heterocycles. The maximum absolute atomic E-state index is 13.8. The minimum absolute atomic E-state index is 0.0351. The second-order valence-electron chi connectivity index (χ2n) is 5.42. The standard InChI is InChI=1S/C14H18F4N2/c1-9(2)19-11-5-6-20(8-11)13-7-10(14(16,17)18)3-4-12(13)15/h3-4,7,9,11,19H,5-6,8H2,1-2H3. The van der Waals surface area contributed by atoms with E-state index in [1.165, 1.54) is 0 Å². The molecule has 112 valence electrons. The second kappa shape index (κ2) is 5.60. The number of hydrogen-bond acceptors (Lipinski definition) is 2. The Hall–Kier alpha value is -1.30. The van der Waals surface area contributed by atoms with Crippen molar-refractivity contribution in [3.8, 4) is 0 Å². The third kappa shape index (κ3) is 3.42. The van der Waals surface area contributed by atoms with Gasteiger partial charge in [-0.1, -0.05) is 13.8 Å². The summed E-state index contributed by atoms with van der Waals surface area (Å²) >= 11 is 0. The number of nitrogens with one attached hydrogen (secondary N) is 1. The maximum atomic E-state index is 13.8. The van der Waals surface area contributed by atoms with E-state index in [0.29, 0.717) is 19.1 Å². The van der Waals surface area contributed by atoms with Crippen molar-refractivity contribution in [2.24, 2.45) is 0 Å². The number of anilines is 1. The van der Waals surface area contributed by atoms with E-state index in [1.807, 2.05) is 13.8 Å². The fourth-order valence-corrected chi connectivity index (χ4v) is 2.52. The van der Waals surface area contributed by atoms with Crippen molar-refractivity contribution in [2.45, 2.75) is 38.5 Å². The van der Waals surface area contributed by atoms with Crippen LogP contribution in [-0.2, 0) is 6.18 Å². The quantitative estimate of drug-likeness (QED) is 0.858. The lowest BCUT2D eigenvalue weighted by Gasteiger charge is -2.21. The van der Waals surface area contributed by atoms with Gasteiger partial charge < -0.3 is 10.2 Å². The lowest BCUT2D eigenvalue weighted by Crippen LogP contribution is -2.37. The molecule has 1 aliphatic heterocycles. The van der Waals surface area contributed by atoms with Crippen molar-refractivity contribution >= 4 is 5.69 Å². The molecule has 1 fully saturated rings. The van der Waals surface area contributed by atoms with Crippen molar-refractivity contribution in [2.75, 3.05) is 18.0 Å². The van der Waals surface area contributed by atoms with Crippen LogP contribution in [0.3, 0.4) is 0 Å². The van der Waals surface area contributed by atoms with Crippen molar-refractivity contribution < 1.29 is 17.6 Å². The summed E-state index contributed by atoms with van der Waals surface area (Å²) in [5.41, 5.74) is -0.776. The summed E-state index contributed by atoms with van der Waals surface area (Å²) in [4.78, 5) is 1.67. The predicted octanol–water partition coefficient (Wildman–Crippen LogP) is 3.42. The average Bonchev–Trinajstić information content (AvgIpc) is 2.75. The molecule has 1 unspecified atom stereocenters. The molecule has 20 heavy (non-hydrogen) atoms. The Morgan fingerprint density at radius 3 is 2.60 bits per heavy atom. The van der Waals surface area contributed by atoms with Gasteiger partial charge in [-0.2, -0.15) is 13.2 Å². The predicted molar refractivity (Wildman–Crippen MR) is 70.3 cm³/mol. The summed E-state index contributed by atoms with van der Waals surface area (Å²) in [5, 5.41) is 3.32. The Morgan fingerprint density at radius 2 is 2.00 bits per heavy atom.